The van der Waals surface area contributed by atoms with Gasteiger partial charge in [0.2, 0.25) is 0 Å². The van der Waals surface area contributed by atoms with Crippen LogP contribution in [0.1, 0.15) is 62.1 Å². The van der Waals surface area contributed by atoms with Crippen LogP contribution < -0.4 is 5.73 Å². The zero-order valence-corrected chi connectivity index (χ0v) is 13.1. The van der Waals surface area contributed by atoms with E-state index in [9.17, 15) is 0 Å². The molecule has 2 aliphatic carbocycles. The predicted octanol–water partition coefficient (Wildman–Crippen LogP) is 3.66. The summed E-state index contributed by atoms with van der Waals surface area (Å²) in [6.45, 7) is 2.54. The maximum atomic E-state index is 6.55. The third kappa shape index (κ3) is 2.43. The van der Waals surface area contributed by atoms with E-state index in [0.717, 1.165) is 6.42 Å². The Labute approximate surface area is 128 Å². The van der Waals surface area contributed by atoms with Crippen molar-refractivity contribution in [2.24, 2.45) is 11.1 Å². The lowest BCUT2D eigenvalue weighted by Gasteiger charge is -2.46. The molecule has 21 heavy (non-hydrogen) atoms. The molecule has 2 heteroatoms. The molecule has 1 saturated carbocycles. The molecule has 1 spiro atoms. The fraction of sp³-hybridized carbons (Fsp3) is 0.684. The Hall–Kier alpha value is -0.860. The second kappa shape index (κ2) is 5.40. The first-order valence-corrected chi connectivity index (χ1v) is 8.85. The standard InChI is InChI=1S/C19H28N2/c20-18-16-7-3-2-6-15(16)14-17(18)21-12-10-19(11-13-21)8-4-1-5-9-19/h2-3,6-7,17-18H,1,4-5,8-14,20H2. The maximum absolute atomic E-state index is 6.55. The Morgan fingerprint density at radius 3 is 2.38 bits per heavy atom. The average molecular weight is 284 g/mol. The van der Waals surface area contributed by atoms with Gasteiger partial charge in [-0.15, -0.1) is 0 Å². The summed E-state index contributed by atoms with van der Waals surface area (Å²) in [7, 11) is 0. The summed E-state index contributed by atoms with van der Waals surface area (Å²) >= 11 is 0. The highest BCUT2D eigenvalue weighted by atomic mass is 15.2. The smallest absolute Gasteiger partial charge is 0.0459 e. The molecule has 2 nitrogen and oxygen atoms in total. The monoisotopic (exact) mass is 284 g/mol. The van der Waals surface area contributed by atoms with Crippen LogP contribution in [0.4, 0.5) is 0 Å². The van der Waals surface area contributed by atoms with Gasteiger partial charge in [-0.3, -0.25) is 4.90 Å². The van der Waals surface area contributed by atoms with Gasteiger partial charge in [-0.2, -0.15) is 0 Å². The second-order valence-electron chi connectivity index (χ2n) is 7.59. The van der Waals surface area contributed by atoms with Crippen LogP contribution in [0.3, 0.4) is 0 Å². The molecule has 4 rings (SSSR count). The largest absolute Gasteiger partial charge is 0.323 e. The van der Waals surface area contributed by atoms with Gasteiger partial charge < -0.3 is 5.73 Å². The molecule has 1 heterocycles. The molecule has 114 valence electrons. The summed E-state index contributed by atoms with van der Waals surface area (Å²) in [5, 5.41) is 0. The zero-order chi connectivity index (χ0) is 14.3. The van der Waals surface area contributed by atoms with Crippen LogP contribution in [0.2, 0.25) is 0 Å². The lowest BCUT2D eigenvalue weighted by atomic mass is 9.68. The molecule has 0 radical (unpaired) electrons. The molecule has 0 aromatic heterocycles. The topological polar surface area (TPSA) is 29.3 Å². The minimum atomic E-state index is 0.224. The highest BCUT2D eigenvalue weighted by Gasteiger charge is 2.40. The van der Waals surface area contributed by atoms with Gasteiger partial charge in [-0.25, -0.2) is 0 Å². The first-order chi connectivity index (χ1) is 10.3. The number of fused-ring (bicyclic) bond motifs is 1. The average Bonchev–Trinajstić information content (AvgIpc) is 2.87. The van der Waals surface area contributed by atoms with E-state index in [-0.39, 0.29) is 6.04 Å². The number of hydrogen-bond acceptors (Lipinski definition) is 2. The lowest BCUT2D eigenvalue weighted by molar-refractivity contribution is 0.0412. The molecular formula is C19H28N2. The number of piperidine rings is 1. The summed E-state index contributed by atoms with van der Waals surface area (Å²) < 4.78 is 0. The van der Waals surface area contributed by atoms with Gasteiger partial charge >= 0.3 is 0 Å². The van der Waals surface area contributed by atoms with Crippen molar-refractivity contribution in [2.75, 3.05) is 13.1 Å². The van der Waals surface area contributed by atoms with Crippen LogP contribution in [0.5, 0.6) is 0 Å². The minimum absolute atomic E-state index is 0.224. The lowest BCUT2D eigenvalue weighted by Crippen LogP contribution is -2.48. The summed E-state index contributed by atoms with van der Waals surface area (Å²) in [5.41, 5.74) is 10.1. The minimum Gasteiger partial charge on any atom is -0.323 e. The number of benzene rings is 1. The van der Waals surface area contributed by atoms with Crippen molar-refractivity contribution in [2.45, 2.75) is 63.5 Å². The molecule has 1 aliphatic heterocycles. The van der Waals surface area contributed by atoms with E-state index in [1.54, 1.807) is 0 Å². The summed E-state index contributed by atoms with van der Waals surface area (Å²) in [4.78, 5) is 2.70. The Kier molecular flexibility index (Phi) is 3.55. The van der Waals surface area contributed by atoms with Gasteiger partial charge in [-0.1, -0.05) is 43.5 Å². The van der Waals surface area contributed by atoms with Crippen LogP contribution in [0, 0.1) is 5.41 Å². The quantitative estimate of drug-likeness (QED) is 0.853. The van der Waals surface area contributed by atoms with Gasteiger partial charge in [0.1, 0.15) is 0 Å². The van der Waals surface area contributed by atoms with Crippen molar-refractivity contribution in [3.8, 4) is 0 Å². The molecule has 0 bridgehead atoms. The molecule has 1 aromatic carbocycles. The third-order valence-electron chi connectivity index (χ3n) is 6.50. The first kappa shape index (κ1) is 13.8. The SMILES string of the molecule is NC1c2ccccc2CC1N1CCC2(CCCCC2)CC1. The van der Waals surface area contributed by atoms with Gasteiger partial charge in [0, 0.05) is 12.1 Å². The van der Waals surface area contributed by atoms with E-state index in [4.69, 9.17) is 5.73 Å². The Bertz CT molecular complexity index is 494. The molecule has 1 aromatic rings. The molecule has 2 atom stereocenters. The number of rotatable bonds is 1. The van der Waals surface area contributed by atoms with Gasteiger partial charge in [0.25, 0.3) is 0 Å². The van der Waals surface area contributed by atoms with Crippen LogP contribution in [0.25, 0.3) is 0 Å². The third-order valence-corrected chi connectivity index (χ3v) is 6.50. The second-order valence-corrected chi connectivity index (χ2v) is 7.59. The van der Waals surface area contributed by atoms with Crippen LogP contribution in [-0.2, 0) is 6.42 Å². The van der Waals surface area contributed by atoms with Crippen LogP contribution in [0.15, 0.2) is 24.3 Å². The van der Waals surface area contributed by atoms with Crippen molar-refractivity contribution in [1.29, 1.82) is 0 Å². The molecular weight excluding hydrogens is 256 g/mol. The maximum Gasteiger partial charge on any atom is 0.0459 e. The van der Waals surface area contributed by atoms with Crippen LogP contribution >= 0.6 is 0 Å². The van der Waals surface area contributed by atoms with Crippen molar-refractivity contribution in [3.63, 3.8) is 0 Å². The fourth-order valence-corrected chi connectivity index (χ4v) is 5.09. The number of nitrogens with two attached hydrogens (primary N) is 1. The highest BCUT2D eigenvalue weighted by Crippen LogP contribution is 2.46. The van der Waals surface area contributed by atoms with E-state index in [1.165, 1.54) is 69.2 Å². The number of hydrogen-bond donors (Lipinski definition) is 1. The van der Waals surface area contributed by atoms with Gasteiger partial charge in [0.05, 0.1) is 0 Å². The number of likely N-dealkylation sites (tertiary alicyclic amines) is 1. The Morgan fingerprint density at radius 2 is 1.67 bits per heavy atom. The van der Waals surface area contributed by atoms with Gasteiger partial charge in [-0.05, 0) is 61.7 Å². The molecule has 1 saturated heterocycles. The van der Waals surface area contributed by atoms with E-state index >= 15 is 0 Å². The van der Waals surface area contributed by atoms with E-state index in [2.05, 4.69) is 29.2 Å². The molecule has 2 fully saturated rings. The fourth-order valence-electron chi connectivity index (χ4n) is 5.09. The van der Waals surface area contributed by atoms with Crippen molar-refractivity contribution in [3.05, 3.63) is 35.4 Å². The predicted molar refractivity (Wildman–Crippen MR) is 87.2 cm³/mol. The normalized spacial score (nSPS) is 32.2. The summed E-state index contributed by atoms with van der Waals surface area (Å²) in [5.74, 6) is 0. The van der Waals surface area contributed by atoms with E-state index in [1.807, 2.05) is 0 Å². The summed E-state index contributed by atoms with van der Waals surface area (Å²) in [6.07, 6.45) is 11.3. The Balaban J connectivity index is 1.43. The molecule has 0 amide bonds. The van der Waals surface area contributed by atoms with Crippen molar-refractivity contribution < 1.29 is 0 Å². The highest BCUT2D eigenvalue weighted by molar-refractivity contribution is 5.37. The zero-order valence-electron chi connectivity index (χ0n) is 13.1. The summed E-state index contributed by atoms with van der Waals surface area (Å²) in [6, 6.07) is 9.55. The van der Waals surface area contributed by atoms with Crippen LogP contribution in [-0.4, -0.2) is 24.0 Å². The van der Waals surface area contributed by atoms with E-state index < -0.39 is 0 Å². The molecule has 3 aliphatic rings. The molecule has 2 unspecified atom stereocenters. The Morgan fingerprint density at radius 1 is 0.952 bits per heavy atom. The van der Waals surface area contributed by atoms with E-state index in [0.29, 0.717) is 11.5 Å². The number of nitrogens with zero attached hydrogens (tertiary/aromatic N) is 1. The molecule has 2 N–H and O–H groups in total. The van der Waals surface area contributed by atoms with Crippen molar-refractivity contribution in [1.82, 2.24) is 4.90 Å². The van der Waals surface area contributed by atoms with Gasteiger partial charge in [0.15, 0.2) is 0 Å². The van der Waals surface area contributed by atoms with Crippen molar-refractivity contribution >= 4 is 0 Å². The first-order valence-electron chi connectivity index (χ1n) is 8.85.